The van der Waals surface area contributed by atoms with Crippen LogP contribution < -0.4 is 9.64 Å². The van der Waals surface area contributed by atoms with Crippen molar-refractivity contribution >= 4 is 17.6 Å². The molecule has 1 aromatic rings. The first-order valence-electron chi connectivity index (χ1n) is 9.18. The first kappa shape index (κ1) is 16.9. The van der Waals surface area contributed by atoms with Gasteiger partial charge >= 0.3 is 5.97 Å². The molecule has 1 heterocycles. The van der Waals surface area contributed by atoms with E-state index < -0.39 is 17.8 Å². The van der Waals surface area contributed by atoms with E-state index in [4.69, 9.17) is 4.74 Å². The Morgan fingerprint density at radius 2 is 1.69 bits per heavy atom. The molecule has 0 spiro atoms. The number of methoxy groups -OCH3 is 1. The van der Waals surface area contributed by atoms with E-state index in [-0.39, 0.29) is 17.7 Å². The van der Waals surface area contributed by atoms with Crippen LogP contribution in [0.1, 0.15) is 6.42 Å². The number of hydrogen-bond donors (Lipinski definition) is 1. The number of carbonyl (C=O) groups excluding carboxylic acids is 1. The summed E-state index contributed by atoms with van der Waals surface area (Å²) in [6.07, 6.45) is 4.82. The number of para-hydroxylation sites is 2. The molecule has 1 aliphatic heterocycles. The van der Waals surface area contributed by atoms with Crippen molar-refractivity contribution in [3.05, 3.63) is 36.4 Å². The molecule has 2 bridgehead atoms. The number of amides is 1. The third-order valence-corrected chi connectivity index (χ3v) is 6.05. The zero-order valence-electron chi connectivity index (χ0n) is 14.9. The highest BCUT2D eigenvalue weighted by atomic mass is 16.5. The number of fused-ring (bicyclic) bond motifs is 2. The number of piperazine rings is 1. The second-order valence-electron chi connectivity index (χ2n) is 7.32. The molecule has 6 nitrogen and oxygen atoms in total. The Balaban J connectivity index is 1.44. The number of aliphatic carboxylic acids is 1. The van der Waals surface area contributed by atoms with E-state index in [1.807, 2.05) is 41.3 Å². The van der Waals surface area contributed by atoms with Gasteiger partial charge in [0.05, 0.1) is 24.6 Å². The van der Waals surface area contributed by atoms with Crippen molar-refractivity contribution in [1.29, 1.82) is 0 Å². The third-order valence-electron chi connectivity index (χ3n) is 6.05. The van der Waals surface area contributed by atoms with Crippen molar-refractivity contribution in [3.63, 3.8) is 0 Å². The van der Waals surface area contributed by atoms with Gasteiger partial charge in [-0.1, -0.05) is 24.3 Å². The molecular formula is C20H24N2O4. The maximum Gasteiger partial charge on any atom is 0.307 e. The first-order valence-corrected chi connectivity index (χ1v) is 9.18. The first-order chi connectivity index (χ1) is 12.6. The Labute approximate surface area is 153 Å². The minimum atomic E-state index is -0.840. The highest BCUT2D eigenvalue weighted by molar-refractivity contribution is 5.87. The fourth-order valence-electron chi connectivity index (χ4n) is 4.77. The largest absolute Gasteiger partial charge is 0.495 e. The van der Waals surface area contributed by atoms with E-state index in [0.29, 0.717) is 13.1 Å². The fraction of sp³-hybridized carbons (Fsp3) is 0.500. The van der Waals surface area contributed by atoms with E-state index in [0.717, 1.165) is 30.9 Å². The average Bonchev–Trinajstić information content (AvgIpc) is 3.29. The van der Waals surface area contributed by atoms with E-state index in [2.05, 4.69) is 4.90 Å². The molecule has 2 aliphatic carbocycles. The van der Waals surface area contributed by atoms with Crippen LogP contribution in [0.15, 0.2) is 36.4 Å². The number of hydrogen-bond acceptors (Lipinski definition) is 4. The summed E-state index contributed by atoms with van der Waals surface area (Å²) in [6, 6.07) is 7.88. The highest BCUT2D eigenvalue weighted by Crippen LogP contribution is 2.48. The van der Waals surface area contributed by atoms with Crippen LogP contribution in [0.2, 0.25) is 0 Å². The number of carboxylic acids is 1. The lowest BCUT2D eigenvalue weighted by molar-refractivity contribution is -0.151. The summed E-state index contributed by atoms with van der Waals surface area (Å²) in [5.74, 6) is -0.870. The van der Waals surface area contributed by atoms with Gasteiger partial charge in [-0.2, -0.15) is 0 Å². The molecule has 1 saturated carbocycles. The normalized spacial score (nSPS) is 29.9. The smallest absolute Gasteiger partial charge is 0.307 e. The fourth-order valence-corrected chi connectivity index (χ4v) is 4.77. The van der Waals surface area contributed by atoms with Gasteiger partial charge < -0.3 is 19.6 Å². The monoisotopic (exact) mass is 356 g/mol. The van der Waals surface area contributed by atoms with Crippen LogP contribution in [-0.4, -0.2) is 55.2 Å². The predicted molar refractivity (Wildman–Crippen MR) is 97.1 cm³/mol. The van der Waals surface area contributed by atoms with Crippen LogP contribution >= 0.6 is 0 Å². The second-order valence-corrected chi connectivity index (χ2v) is 7.32. The molecule has 0 unspecified atom stereocenters. The van der Waals surface area contributed by atoms with Crippen molar-refractivity contribution in [1.82, 2.24) is 4.90 Å². The standard InChI is InChI=1S/C20H24N2O4/c1-26-16-5-3-2-4-15(16)21-8-10-22(11-9-21)19(23)17-13-6-7-14(12-13)18(17)20(24)25/h2-7,13-14,17-18H,8-12H2,1H3,(H,24,25)/t13-,14-,17+,18+/m0/s1. The van der Waals surface area contributed by atoms with Gasteiger partial charge in [0.25, 0.3) is 0 Å². The summed E-state index contributed by atoms with van der Waals surface area (Å²) in [7, 11) is 1.66. The van der Waals surface area contributed by atoms with E-state index in [1.54, 1.807) is 7.11 Å². The van der Waals surface area contributed by atoms with Crippen molar-refractivity contribution in [3.8, 4) is 5.75 Å². The predicted octanol–water partition coefficient (Wildman–Crippen LogP) is 1.87. The number of allylic oxidation sites excluding steroid dienone is 2. The molecule has 3 aliphatic rings. The topological polar surface area (TPSA) is 70.1 Å². The maximum absolute atomic E-state index is 13.1. The molecule has 2 fully saturated rings. The SMILES string of the molecule is COc1ccccc1N1CCN(C(=O)[C@H]2[C@H](C(=O)O)[C@H]3C=C[C@H]2C3)CC1. The summed E-state index contributed by atoms with van der Waals surface area (Å²) in [4.78, 5) is 28.8. The molecule has 0 radical (unpaired) electrons. The van der Waals surface area contributed by atoms with Crippen LogP contribution in [0.5, 0.6) is 5.75 Å². The van der Waals surface area contributed by atoms with Crippen LogP contribution in [0, 0.1) is 23.7 Å². The van der Waals surface area contributed by atoms with Crippen LogP contribution in [0.4, 0.5) is 5.69 Å². The Hall–Kier alpha value is -2.50. The molecule has 4 atom stereocenters. The third kappa shape index (κ3) is 2.73. The Kier molecular flexibility index (Phi) is 4.34. The quantitative estimate of drug-likeness (QED) is 0.834. The zero-order valence-corrected chi connectivity index (χ0v) is 14.9. The molecule has 1 aromatic carbocycles. The Bertz CT molecular complexity index is 739. The minimum Gasteiger partial charge on any atom is -0.495 e. The molecule has 1 N–H and O–H groups in total. The maximum atomic E-state index is 13.1. The van der Waals surface area contributed by atoms with Gasteiger partial charge in [0, 0.05) is 26.2 Å². The molecule has 1 saturated heterocycles. The van der Waals surface area contributed by atoms with Crippen molar-refractivity contribution in [2.45, 2.75) is 6.42 Å². The number of benzene rings is 1. The van der Waals surface area contributed by atoms with Crippen molar-refractivity contribution in [2.24, 2.45) is 23.7 Å². The summed E-state index contributed by atoms with van der Waals surface area (Å²) < 4.78 is 5.43. The molecule has 26 heavy (non-hydrogen) atoms. The summed E-state index contributed by atoms with van der Waals surface area (Å²) in [5, 5.41) is 9.57. The lowest BCUT2D eigenvalue weighted by Gasteiger charge is -2.39. The molecule has 138 valence electrons. The van der Waals surface area contributed by atoms with Gasteiger partial charge in [0.1, 0.15) is 5.75 Å². The van der Waals surface area contributed by atoms with Gasteiger partial charge in [0.15, 0.2) is 0 Å². The Morgan fingerprint density at radius 1 is 1.04 bits per heavy atom. The molecule has 0 aromatic heterocycles. The van der Waals surface area contributed by atoms with Gasteiger partial charge in [-0.15, -0.1) is 0 Å². The summed E-state index contributed by atoms with van der Waals surface area (Å²) in [5.41, 5.74) is 1.04. The van der Waals surface area contributed by atoms with Crippen LogP contribution in [0.25, 0.3) is 0 Å². The molecule has 1 amide bonds. The number of nitrogens with zero attached hydrogens (tertiary/aromatic N) is 2. The lowest BCUT2D eigenvalue weighted by atomic mass is 9.82. The number of ether oxygens (including phenoxy) is 1. The number of carboxylic acid groups (broad SMARTS) is 1. The molecule has 6 heteroatoms. The van der Waals surface area contributed by atoms with E-state index in [1.165, 1.54) is 0 Å². The number of anilines is 1. The van der Waals surface area contributed by atoms with Crippen molar-refractivity contribution < 1.29 is 19.4 Å². The summed E-state index contributed by atoms with van der Waals surface area (Å²) >= 11 is 0. The molecule has 4 rings (SSSR count). The van der Waals surface area contributed by atoms with Crippen LogP contribution in [-0.2, 0) is 9.59 Å². The average molecular weight is 356 g/mol. The van der Waals surface area contributed by atoms with Gasteiger partial charge in [-0.3, -0.25) is 9.59 Å². The number of rotatable bonds is 4. The highest BCUT2D eigenvalue weighted by Gasteiger charge is 2.52. The second kappa shape index (κ2) is 6.67. The number of carbonyl (C=O) groups is 2. The van der Waals surface area contributed by atoms with Crippen molar-refractivity contribution in [2.75, 3.05) is 38.2 Å². The Morgan fingerprint density at radius 3 is 2.35 bits per heavy atom. The minimum absolute atomic E-state index is 0.00827. The zero-order chi connectivity index (χ0) is 18.3. The van der Waals surface area contributed by atoms with Gasteiger partial charge in [0.2, 0.25) is 5.91 Å². The summed E-state index contributed by atoms with van der Waals surface area (Å²) in [6.45, 7) is 2.67. The lowest BCUT2D eigenvalue weighted by Crippen LogP contribution is -2.52. The van der Waals surface area contributed by atoms with Gasteiger partial charge in [-0.25, -0.2) is 0 Å². The van der Waals surface area contributed by atoms with E-state index >= 15 is 0 Å². The molecular weight excluding hydrogens is 332 g/mol. The van der Waals surface area contributed by atoms with Crippen LogP contribution in [0.3, 0.4) is 0 Å². The van der Waals surface area contributed by atoms with E-state index in [9.17, 15) is 14.7 Å². The van der Waals surface area contributed by atoms with Gasteiger partial charge in [-0.05, 0) is 30.4 Å².